The fourth-order valence-corrected chi connectivity index (χ4v) is 3.06. The van der Waals surface area contributed by atoms with Gasteiger partial charge in [0.15, 0.2) is 11.4 Å². The maximum atomic E-state index is 12.9. The van der Waals surface area contributed by atoms with Crippen molar-refractivity contribution in [1.82, 2.24) is 20.4 Å². The molecule has 1 aromatic heterocycles. The maximum absolute atomic E-state index is 12.9. The molecular formula is C20H28N4O2. The van der Waals surface area contributed by atoms with Crippen LogP contribution in [-0.4, -0.2) is 41.4 Å². The van der Waals surface area contributed by atoms with Crippen LogP contribution >= 0.6 is 0 Å². The minimum Gasteiger partial charge on any atom is -0.489 e. The summed E-state index contributed by atoms with van der Waals surface area (Å²) in [7, 11) is 0. The van der Waals surface area contributed by atoms with Crippen molar-refractivity contribution in [2.75, 3.05) is 19.7 Å². The van der Waals surface area contributed by atoms with Crippen LogP contribution in [0.4, 0.5) is 0 Å². The summed E-state index contributed by atoms with van der Waals surface area (Å²) >= 11 is 0. The van der Waals surface area contributed by atoms with Crippen molar-refractivity contribution in [3.8, 4) is 11.4 Å². The predicted octanol–water partition coefficient (Wildman–Crippen LogP) is 2.63. The highest BCUT2D eigenvalue weighted by molar-refractivity contribution is 5.95. The number of benzene rings is 1. The maximum Gasteiger partial charge on any atom is 0.275 e. The topological polar surface area (TPSA) is 68.2 Å². The Labute approximate surface area is 154 Å². The Balaban J connectivity index is 1.83. The molecule has 1 fully saturated rings. The third-order valence-electron chi connectivity index (χ3n) is 4.59. The first-order valence-electron chi connectivity index (χ1n) is 9.34. The van der Waals surface area contributed by atoms with E-state index in [0.717, 1.165) is 25.2 Å². The lowest BCUT2D eigenvalue weighted by molar-refractivity contribution is 0.0904. The average molecular weight is 356 g/mol. The zero-order chi connectivity index (χ0) is 18.5. The van der Waals surface area contributed by atoms with Crippen LogP contribution in [0.1, 0.15) is 37.7 Å². The van der Waals surface area contributed by atoms with E-state index < -0.39 is 0 Å². The molecule has 2 heterocycles. The Bertz CT molecular complexity index is 727. The molecule has 6 heteroatoms. The number of carbonyl (C=O) groups is 1. The van der Waals surface area contributed by atoms with Gasteiger partial charge in [0.05, 0.1) is 18.5 Å². The van der Waals surface area contributed by atoms with Gasteiger partial charge in [-0.05, 0) is 43.5 Å². The standard InChI is InChI=1S/C20H28N4O2/c1-14(2)13-26-18-12-24(16-7-5-4-6-8-16)23-19(18)20(25)22-17-9-10-21-11-15(17)3/h4-8,12,14-15,17,21H,9-11,13H2,1-3H3,(H,22,25). The van der Waals surface area contributed by atoms with Crippen molar-refractivity contribution in [3.05, 3.63) is 42.2 Å². The molecule has 1 saturated heterocycles. The largest absolute Gasteiger partial charge is 0.489 e. The van der Waals surface area contributed by atoms with Crippen molar-refractivity contribution < 1.29 is 9.53 Å². The highest BCUT2D eigenvalue weighted by atomic mass is 16.5. The molecule has 1 aliphatic heterocycles. The van der Waals surface area contributed by atoms with Crippen LogP contribution in [0.3, 0.4) is 0 Å². The van der Waals surface area contributed by atoms with E-state index in [1.807, 2.05) is 30.3 Å². The molecule has 1 aromatic carbocycles. The zero-order valence-corrected chi connectivity index (χ0v) is 15.7. The van der Waals surface area contributed by atoms with Crippen LogP contribution in [0.2, 0.25) is 0 Å². The smallest absolute Gasteiger partial charge is 0.275 e. The van der Waals surface area contributed by atoms with Gasteiger partial charge in [0.2, 0.25) is 0 Å². The van der Waals surface area contributed by atoms with Crippen LogP contribution in [-0.2, 0) is 0 Å². The van der Waals surface area contributed by atoms with Gasteiger partial charge in [-0.3, -0.25) is 4.79 Å². The van der Waals surface area contributed by atoms with Gasteiger partial charge >= 0.3 is 0 Å². The van der Waals surface area contributed by atoms with E-state index >= 15 is 0 Å². The van der Waals surface area contributed by atoms with Crippen molar-refractivity contribution in [2.24, 2.45) is 11.8 Å². The van der Waals surface area contributed by atoms with Gasteiger partial charge in [0.25, 0.3) is 5.91 Å². The fraction of sp³-hybridized carbons (Fsp3) is 0.500. The minimum atomic E-state index is -0.169. The second-order valence-corrected chi connectivity index (χ2v) is 7.38. The van der Waals surface area contributed by atoms with Crippen molar-refractivity contribution in [1.29, 1.82) is 0 Å². The van der Waals surface area contributed by atoms with Gasteiger partial charge in [-0.15, -0.1) is 0 Å². The quantitative estimate of drug-likeness (QED) is 0.835. The average Bonchev–Trinajstić information content (AvgIpc) is 3.07. The molecule has 0 spiro atoms. The first kappa shape index (κ1) is 18.5. The first-order chi connectivity index (χ1) is 12.5. The fourth-order valence-electron chi connectivity index (χ4n) is 3.06. The third-order valence-corrected chi connectivity index (χ3v) is 4.59. The summed E-state index contributed by atoms with van der Waals surface area (Å²) in [5.74, 6) is 1.12. The van der Waals surface area contributed by atoms with E-state index in [0.29, 0.717) is 29.9 Å². The number of para-hydroxylation sites is 1. The van der Waals surface area contributed by atoms with Gasteiger partial charge in [0.1, 0.15) is 0 Å². The SMILES string of the molecule is CC(C)COc1cn(-c2ccccc2)nc1C(=O)NC1CCNCC1C. The van der Waals surface area contributed by atoms with Gasteiger partial charge in [-0.2, -0.15) is 5.10 Å². The Morgan fingerprint density at radius 2 is 2.15 bits per heavy atom. The van der Waals surface area contributed by atoms with Crippen molar-refractivity contribution in [3.63, 3.8) is 0 Å². The summed E-state index contributed by atoms with van der Waals surface area (Å²) < 4.78 is 7.59. The molecule has 2 aromatic rings. The van der Waals surface area contributed by atoms with Crippen LogP contribution in [0.5, 0.6) is 5.75 Å². The van der Waals surface area contributed by atoms with E-state index in [4.69, 9.17) is 4.74 Å². The number of hydrogen-bond acceptors (Lipinski definition) is 4. The lowest BCUT2D eigenvalue weighted by Gasteiger charge is -2.30. The zero-order valence-electron chi connectivity index (χ0n) is 15.7. The molecule has 0 bridgehead atoms. The second-order valence-electron chi connectivity index (χ2n) is 7.38. The third kappa shape index (κ3) is 4.43. The highest BCUT2D eigenvalue weighted by Gasteiger charge is 2.26. The Kier molecular flexibility index (Phi) is 5.93. The number of carbonyl (C=O) groups excluding carboxylic acids is 1. The van der Waals surface area contributed by atoms with Crippen molar-refractivity contribution in [2.45, 2.75) is 33.2 Å². The number of hydrogen-bond donors (Lipinski definition) is 2. The highest BCUT2D eigenvalue weighted by Crippen LogP contribution is 2.22. The minimum absolute atomic E-state index is 0.156. The Hall–Kier alpha value is -2.34. The van der Waals surface area contributed by atoms with Gasteiger partial charge in [-0.1, -0.05) is 39.0 Å². The molecule has 6 nitrogen and oxygen atoms in total. The normalized spacial score (nSPS) is 20.2. The molecule has 0 saturated carbocycles. The number of nitrogens with one attached hydrogen (secondary N) is 2. The van der Waals surface area contributed by atoms with Gasteiger partial charge in [-0.25, -0.2) is 4.68 Å². The van der Waals surface area contributed by atoms with Crippen LogP contribution in [0.15, 0.2) is 36.5 Å². The molecule has 2 atom stereocenters. The molecule has 2 unspecified atom stereocenters. The monoisotopic (exact) mass is 356 g/mol. The van der Waals surface area contributed by atoms with E-state index in [9.17, 15) is 4.79 Å². The van der Waals surface area contributed by atoms with E-state index in [1.54, 1.807) is 10.9 Å². The second kappa shape index (κ2) is 8.36. The Morgan fingerprint density at radius 1 is 1.38 bits per heavy atom. The van der Waals surface area contributed by atoms with E-state index in [2.05, 4.69) is 36.5 Å². The van der Waals surface area contributed by atoms with Crippen LogP contribution < -0.4 is 15.4 Å². The van der Waals surface area contributed by atoms with E-state index in [1.165, 1.54) is 0 Å². The summed E-state index contributed by atoms with van der Waals surface area (Å²) in [5.41, 5.74) is 1.25. The number of nitrogens with zero attached hydrogens (tertiary/aromatic N) is 2. The summed E-state index contributed by atoms with van der Waals surface area (Å²) in [6.07, 6.45) is 2.72. The number of ether oxygens (including phenoxy) is 1. The molecular weight excluding hydrogens is 328 g/mol. The first-order valence-corrected chi connectivity index (χ1v) is 9.34. The molecule has 1 aliphatic rings. The van der Waals surface area contributed by atoms with Crippen molar-refractivity contribution >= 4 is 5.91 Å². The van der Waals surface area contributed by atoms with Crippen LogP contribution in [0.25, 0.3) is 5.69 Å². The summed E-state index contributed by atoms with van der Waals surface area (Å²) in [6, 6.07) is 9.91. The van der Waals surface area contributed by atoms with Gasteiger partial charge in [0, 0.05) is 6.04 Å². The van der Waals surface area contributed by atoms with Crippen LogP contribution in [0, 0.1) is 11.8 Å². The Morgan fingerprint density at radius 3 is 2.85 bits per heavy atom. The molecule has 0 aliphatic carbocycles. The lowest BCUT2D eigenvalue weighted by atomic mass is 9.95. The summed E-state index contributed by atoms with van der Waals surface area (Å²) in [5, 5.41) is 11.0. The molecule has 2 N–H and O–H groups in total. The van der Waals surface area contributed by atoms with Gasteiger partial charge < -0.3 is 15.4 Å². The molecule has 3 rings (SSSR count). The summed E-state index contributed by atoms with van der Waals surface area (Å²) in [6.45, 7) is 8.70. The molecule has 1 amide bonds. The predicted molar refractivity (Wildman–Crippen MR) is 102 cm³/mol. The molecule has 26 heavy (non-hydrogen) atoms. The number of amides is 1. The molecule has 0 radical (unpaired) electrons. The molecule has 140 valence electrons. The summed E-state index contributed by atoms with van der Waals surface area (Å²) in [4.78, 5) is 12.9. The number of aromatic nitrogens is 2. The van der Waals surface area contributed by atoms with E-state index in [-0.39, 0.29) is 11.9 Å². The number of rotatable bonds is 6. The lowest BCUT2D eigenvalue weighted by Crippen LogP contribution is -2.48. The number of piperidine rings is 1.